The molecule has 38 heavy (non-hydrogen) atoms. The fourth-order valence-corrected chi connectivity index (χ4v) is 6.54. The van der Waals surface area contributed by atoms with Gasteiger partial charge in [-0.15, -0.1) is 0 Å². The lowest BCUT2D eigenvalue weighted by Gasteiger charge is -2.34. The van der Waals surface area contributed by atoms with Crippen molar-refractivity contribution in [1.29, 1.82) is 0 Å². The van der Waals surface area contributed by atoms with E-state index < -0.39 is 0 Å². The second-order valence-corrected chi connectivity index (χ2v) is 10.7. The van der Waals surface area contributed by atoms with Crippen molar-refractivity contribution in [3.63, 3.8) is 0 Å². The van der Waals surface area contributed by atoms with Gasteiger partial charge in [-0.3, -0.25) is 0 Å². The Hall–Kier alpha value is -3.84. The van der Waals surface area contributed by atoms with Crippen molar-refractivity contribution in [2.24, 2.45) is 0 Å². The van der Waals surface area contributed by atoms with Crippen LogP contribution in [0.3, 0.4) is 0 Å². The number of para-hydroxylation sites is 1. The van der Waals surface area contributed by atoms with Gasteiger partial charge in [0.05, 0.1) is 5.69 Å². The van der Waals surface area contributed by atoms with Crippen LogP contribution in [0.15, 0.2) is 109 Å². The summed E-state index contributed by atoms with van der Waals surface area (Å²) in [5.74, 6) is 0. The molecule has 0 fully saturated rings. The fraction of sp³-hybridized carbons (Fsp3) is 0.243. The maximum absolute atomic E-state index is 3.43. The molecular formula is C37H36N. The van der Waals surface area contributed by atoms with Crippen LogP contribution < -0.4 is 4.90 Å². The van der Waals surface area contributed by atoms with Crippen LogP contribution in [-0.4, -0.2) is 0 Å². The van der Waals surface area contributed by atoms with Gasteiger partial charge in [-0.05, 0) is 82.9 Å². The average Bonchev–Trinajstić information content (AvgIpc) is 3.25. The van der Waals surface area contributed by atoms with Crippen molar-refractivity contribution < 1.29 is 0 Å². The molecule has 1 aliphatic carbocycles. The number of fused-ring (bicyclic) bond motifs is 4. The van der Waals surface area contributed by atoms with Gasteiger partial charge in [-0.25, -0.2) is 0 Å². The van der Waals surface area contributed by atoms with Gasteiger partial charge in [0, 0.05) is 22.2 Å². The zero-order valence-electron chi connectivity index (χ0n) is 22.6. The summed E-state index contributed by atoms with van der Waals surface area (Å²) in [5, 5.41) is 2.52. The summed E-state index contributed by atoms with van der Waals surface area (Å²) in [4.78, 5) is 2.45. The van der Waals surface area contributed by atoms with Crippen LogP contribution in [0.5, 0.6) is 0 Å². The van der Waals surface area contributed by atoms with Gasteiger partial charge in [-0.1, -0.05) is 112 Å². The lowest BCUT2D eigenvalue weighted by molar-refractivity contribution is 0.414. The summed E-state index contributed by atoms with van der Waals surface area (Å²) in [6, 6.07) is 43.5. The molecule has 0 saturated heterocycles. The van der Waals surface area contributed by atoms with Crippen LogP contribution in [0.2, 0.25) is 0 Å². The molecule has 0 saturated carbocycles. The van der Waals surface area contributed by atoms with E-state index in [1.807, 2.05) is 0 Å². The van der Waals surface area contributed by atoms with Gasteiger partial charge in [0.2, 0.25) is 0 Å². The normalized spacial score (nSPS) is 13.3. The Bertz CT molecular complexity index is 1530. The largest absolute Gasteiger partial charge is 0.310 e. The van der Waals surface area contributed by atoms with Crippen molar-refractivity contribution in [3.8, 4) is 11.1 Å². The molecule has 1 radical (unpaired) electrons. The highest BCUT2D eigenvalue weighted by molar-refractivity contribution is 5.99. The molecule has 0 amide bonds. The maximum atomic E-state index is 3.43. The molecule has 0 N–H and O–H groups in total. The highest BCUT2D eigenvalue weighted by Gasteiger charge is 2.42. The van der Waals surface area contributed by atoms with Crippen LogP contribution in [-0.2, 0) is 5.41 Å². The monoisotopic (exact) mass is 494 g/mol. The minimum Gasteiger partial charge on any atom is -0.310 e. The van der Waals surface area contributed by atoms with E-state index in [2.05, 4.69) is 134 Å². The molecule has 6 rings (SSSR count). The molecule has 0 spiro atoms. The molecule has 0 heterocycles. The van der Waals surface area contributed by atoms with Gasteiger partial charge >= 0.3 is 0 Å². The highest BCUT2D eigenvalue weighted by Crippen LogP contribution is 2.55. The molecule has 1 nitrogen and oxygen atoms in total. The Balaban J connectivity index is 1.59. The van der Waals surface area contributed by atoms with E-state index in [9.17, 15) is 0 Å². The Kier molecular flexibility index (Phi) is 6.77. The van der Waals surface area contributed by atoms with Crippen molar-refractivity contribution >= 4 is 27.8 Å². The summed E-state index contributed by atoms with van der Waals surface area (Å²) >= 11 is 0. The number of hydrogen-bond acceptors (Lipinski definition) is 1. The van der Waals surface area contributed by atoms with E-state index in [4.69, 9.17) is 0 Å². The highest BCUT2D eigenvalue weighted by atomic mass is 15.1. The van der Waals surface area contributed by atoms with Gasteiger partial charge in [0.15, 0.2) is 0 Å². The molecule has 5 aromatic carbocycles. The molecule has 0 atom stereocenters. The first-order valence-corrected chi connectivity index (χ1v) is 14.3. The zero-order valence-corrected chi connectivity index (χ0v) is 22.6. The number of hydrogen-bond donors (Lipinski definition) is 0. The van der Waals surface area contributed by atoms with Gasteiger partial charge < -0.3 is 4.90 Å². The molecule has 5 aromatic rings. The summed E-state index contributed by atoms with van der Waals surface area (Å²) in [5.41, 5.74) is 9.43. The Labute approximate surface area is 227 Å². The predicted molar refractivity (Wildman–Crippen MR) is 163 cm³/mol. The Morgan fingerprint density at radius 3 is 2.16 bits per heavy atom. The van der Waals surface area contributed by atoms with Crippen LogP contribution in [0.4, 0.5) is 17.1 Å². The summed E-state index contributed by atoms with van der Waals surface area (Å²) < 4.78 is 0. The molecule has 0 bridgehead atoms. The van der Waals surface area contributed by atoms with Gasteiger partial charge in [-0.2, -0.15) is 0 Å². The van der Waals surface area contributed by atoms with Crippen LogP contribution in [0.1, 0.15) is 63.5 Å². The number of anilines is 3. The average molecular weight is 495 g/mol. The summed E-state index contributed by atoms with van der Waals surface area (Å²) in [7, 11) is 0. The molecule has 0 unspecified atom stereocenters. The molecule has 1 aliphatic rings. The van der Waals surface area contributed by atoms with Crippen LogP contribution in [0, 0.1) is 6.07 Å². The molecule has 189 valence electrons. The number of rotatable bonds is 9. The molecule has 0 aromatic heterocycles. The number of benzene rings is 5. The third-order valence-corrected chi connectivity index (χ3v) is 8.38. The van der Waals surface area contributed by atoms with E-state index in [-0.39, 0.29) is 5.41 Å². The van der Waals surface area contributed by atoms with Crippen molar-refractivity contribution in [1.82, 2.24) is 0 Å². The Morgan fingerprint density at radius 1 is 0.658 bits per heavy atom. The predicted octanol–water partition coefficient (Wildman–Crippen LogP) is 10.8. The van der Waals surface area contributed by atoms with Crippen molar-refractivity contribution in [2.45, 2.75) is 57.8 Å². The smallest absolute Gasteiger partial charge is 0.0540 e. The Morgan fingerprint density at radius 2 is 1.37 bits per heavy atom. The lowest BCUT2D eigenvalue weighted by Crippen LogP contribution is -2.25. The first-order chi connectivity index (χ1) is 18.8. The van der Waals surface area contributed by atoms with E-state index in [1.165, 1.54) is 88.6 Å². The van der Waals surface area contributed by atoms with Crippen molar-refractivity contribution in [3.05, 3.63) is 126 Å². The van der Waals surface area contributed by atoms with E-state index >= 15 is 0 Å². The third-order valence-electron chi connectivity index (χ3n) is 8.38. The van der Waals surface area contributed by atoms with Gasteiger partial charge in [0.1, 0.15) is 0 Å². The number of nitrogens with zero attached hydrogens (tertiary/aromatic N) is 1. The first-order valence-electron chi connectivity index (χ1n) is 14.3. The first kappa shape index (κ1) is 24.5. The molecule has 1 heteroatoms. The minimum absolute atomic E-state index is 0.0472. The van der Waals surface area contributed by atoms with E-state index in [1.54, 1.807) is 0 Å². The quantitative estimate of drug-likeness (QED) is 0.197. The SMILES string of the molecule is CCCCC1(CCCC)c2c[c]ccc2-c2ccc(N(c3ccccc3)c3cccc4ccccc34)cc21. The summed E-state index contributed by atoms with van der Waals surface area (Å²) in [6.45, 7) is 4.63. The van der Waals surface area contributed by atoms with E-state index in [0.29, 0.717) is 0 Å². The second kappa shape index (κ2) is 10.5. The minimum atomic E-state index is 0.0472. The standard InChI is InChI=1S/C37H36N/c1-3-5-25-37(26-6-4-2)34-21-13-12-20-32(34)33-24-23-30(27-35(33)37)38(29-17-8-7-9-18-29)36-22-14-16-28-15-10-11-19-31(28)36/h7-12,14-24,27H,3-6,25-26H2,1-2H3. The van der Waals surface area contributed by atoms with Gasteiger partial charge in [0.25, 0.3) is 0 Å². The van der Waals surface area contributed by atoms with Crippen molar-refractivity contribution in [2.75, 3.05) is 4.90 Å². The maximum Gasteiger partial charge on any atom is 0.0540 e. The van der Waals surface area contributed by atoms with Crippen LogP contribution in [0.25, 0.3) is 21.9 Å². The topological polar surface area (TPSA) is 3.24 Å². The fourth-order valence-electron chi connectivity index (χ4n) is 6.54. The summed E-state index contributed by atoms with van der Waals surface area (Å²) in [6.07, 6.45) is 7.25. The number of unbranched alkanes of at least 4 members (excludes halogenated alkanes) is 2. The lowest BCUT2D eigenvalue weighted by atomic mass is 9.71. The van der Waals surface area contributed by atoms with Crippen LogP contribution >= 0.6 is 0 Å². The third kappa shape index (κ3) is 4.11. The molecular weight excluding hydrogens is 458 g/mol. The second-order valence-electron chi connectivity index (χ2n) is 10.7. The van der Waals surface area contributed by atoms with E-state index in [0.717, 1.165) is 0 Å². The molecule has 0 aliphatic heterocycles. The zero-order chi connectivity index (χ0) is 26.0.